The van der Waals surface area contributed by atoms with Gasteiger partial charge in [0.05, 0.1) is 17.1 Å². The number of sulfone groups is 1. The van der Waals surface area contributed by atoms with Gasteiger partial charge < -0.3 is 15.7 Å². The van der Waals surface area contributed by atoms with E-state index < -0.39 is 9.84 Å². The first-order valence-corrected chi connectivity index (χ1v) is 7.38. The summed E-state index contributed by atoms with van der Waals surface area (Å²) in [6.07, 6.45) is 2.66. The smallest absolute Gasteiger partial charge is 0.238 e. The number of phenols is 1. The first kappa shape index (κ1) is 15.2. The first-order valence-electron chi connectivity index (χ1n) is 5.49. The molecule has 1 aromatic carbocycles. The zero-order valence-corrected chi connectivity index (χ0v) is 11.3. The van der Waals surface area contributed by atoms with Crippen molar-refractivity contribution in [3.63, 3.8) is 0 Å². The maximum Gasteiger partial charge on any atom is 0.238 e. The van der Waals surface area contributed by atoms with E-state index in [1.807, 2.05) is 0 Å². The van der Waals surface area contributed by atoms with Crippen LogP contribution in [0.1, 0.15) is 0 Å². The molecule has 0 radical (unpaired) electrons. The molecule has 3 N–H and O–H groups in total. The fraction of sp³-hybridized carbons (Fsp3) is 0.250. The van der Waals surface area contributed by atoms with Gasteiger partial charge in [-0.3, -0.25) is 4.79 Å². The summed E-state index contributed by atoms with van der Waals surface area (Å²) in [5.41, 5.74) is 0.0633. The van der Waals surface area contributed by atoms with Gasteiger partial charge in [0.1, 0.15) is 5.75 Å². The van der Waals surface area contributed by atoms with E-state index in [4.69, 9.17) is 0 Å². The van der Waals surface area contributed by atoms with Gasteiger partial charge in [0.2, 0.25) is 5.91 Å². The molecule has 0 fully saturated rings. The van der Waals surface area contributed by atoms with Gasteiger partial charge in [0.25, 0.3) is 0 Å². The van der Waals surface area contributed by atoms with Crippen molar-refractivity contribution in [2.45, 2.75) is 4.90 Å². The first-order chi connectivity index (χ1) is 8.84. The van der Waals surface area contributed by atoms with Crippen LogP contribution < -0.4 is 10.6 Å². The van der Waals surface area contributed by atoms with Gasteiger partial charge in [-0.1, -0.05) is 6.08 Å². The number of nitrogens with one attached hydrogen (secondary N) is 2. The number of hydrogen-bond donors (Lipinski definition) is 3. The van der Waals surface area contributed by atoms with E-state index in [-0.39, 0.29) is 28.8 Å². The van der Waals surface area contributed by atoms with E-state index in [9.17, 15) is 18.3 Å². The predicted octanol–water partition coefficient (Wildman–Crippen LogP) is 0.510. The summed E-state index contributed by atoms with van der Waals surface area (Å²) in [6.45, 7) is 4.00. The Hall–Kier alpha value is -1.86. The zero-order valence-electron chi connectivity index (χ0n) is 10.5. The Bertz CT molecular complexity index is 581. The van der Waals surface area contributed by atoms with E-state index in [1.165, 1.54) is 18.2 Å². The molecule has 0 aliphatic rings. The summed E-state index contributed by atoms with van der Waals surface area (Å²) in [5.74, 6) is -0.577. The Morgan fingerprint density at radius 3 is 2.74 bits per heavy atom. The van der Waals surface area contributed by atoms with Crippen LogP contribution in [0.3, 0.4) is 0 Å². The number of rotatable bonds is 6. The van der Waals surface area contributed by atoms with Gasteiger partial charge in [-0.05, 0) is 18.2 Å². The largest absolute Gasteiger partial charge is 0.506 e. The number of aromatic hydroxyl groups is 1. The Kier molecular flexibility index (Phi) is 5.08. The van der Waals surface area contributed by atoms with E-state index in [0.717, 1.165) is 6.26 Å². The quantitative estimate of drug-likeness (QED) is 0.402. The standard InChI is InChI=1S/C12H16N2O4S/c1-3-6-13-8-12(16)14-10-7-9(19(2,17)18)4-5-11(10)15/h3-5,7,13,15H,1,6,8H2,2H3,(H,14,16). The lowest BCUT2D eigenvalue weighted by Gasteiger charge is -2.09. The topological polar surface area (TPSA) is 95.5 Å². The van der Waals surface area contributed by atoms with Gasteiger partial charge in [-0.15, -0.1) is 6.58 Å². The van der Waals surface area contributed by atoms with Crippen molar-refractivity contribution in [2.75, 3.05) is 24.7 Å². The second kappa shape index (κ2) is 6.35. The van der Waals surface area contributed by atoms with Crippen LogP contribution in [0.5, 0.6) is 5.75 Å². The lowest BCUT2D eigenvalue weighted by molar-refractivity contribution is -0.115. The van der Waals surface area contributed by atoms with Gasteiger partial charge in [0, 0.05) is 12.8 Å². The van der Waals surface area contributed by atoms with E-state index >= 15 is 0 Å². The number of carbonyl (C=O) groups is 1. The van der Waals surface area contributed by atoms with E-state index in [1.54, 1.807) is 6.08 Å². The van der Waals surface area contributed by atoms with Crippen molar-refractivity contribution in [3.8, 4) is 5.75 Å². The summed E-state index contributed by atoms with van der Waals surface area (Å²) >= 11 is 0. The molecule has 0 saturated carbocycles. The second-order valence-electron chi connectivity index (χ2n) is 3.92. The molecule has 0 atom stereocenters. The molecule has 0 bridgehead atoms. The molecular weight excluding hydrogens is 268 g/mol. The number of hydrogen-bond acceptors (Lipinski definition) is 5. The molecule has 0 saturated heterocycles. The van der Waals surface area contributed by atoms with Crippen LogP contribution in [-0.2, 0) is 14.6 Å². The zero-order chi connectivity index (χ0) is 14.5. The van der Waals surface area contributed by atoms with Crippen LogP contribution in [0.4, 0.5) is 5.69 Å². The van der Waals surface area contributed by atoms with Gasteiger partial charge in [-0.2, -0.15) is 0 Å². The molecule has 19 heavy (non-hydrogen) atoms. The van der Waals surface area contributed by atoms with Crippen molar-refractivity contribution in [1.82, 2.24) is 5.32 Å². The average molecular weight is 284 g/mol. The monoisotopic (exact) mass is 284 g/mol. The minimum Gasteiger partial charge on any atom is -0.506 e. The summed E-state index contributed by atoms with van der Waals surface area (Å²) in [7, 11) is -3.39. The number of benzene rings is 1. The Balaban J connectivity index is 2.83. The molecule has 0 heterocycles. The second-order valence-corrected chi connectivity index (χ2v) is 5.93. The number of phenolic OH excluding ortho intramolecular Hbond substituents is 1. The molecule has 0 aliphatic heterocycles. The maximum atomic E-state index is 11.5. The molecule has 0 spiro atoms. The molecule has 7 heteroatoms. The highest BCUT2D eigenvalue weighted by atomic mass is 32.2. The fourth-order valence-electron chi connectivity index (χ4n) is 1.33. The van der Waals surface area contributed by atoms with Crippen molar-refractivity contribution >= 4 is 21.4 Å². The maximum absolute atomic E-state index is 11.5. The average Bonchev–Trinajstić information content (AvgIpc) is 2.31. The number of anilines is 1. The molecular formula is C12H16N2O4S. The number of amides is 1. The third-order valence-corrected chi connectivity index (χ3v) is 3.35. The molecule has 1 rings (SSSR count). The van der Waals surface area contributed by atoms with Gasteiger partial charge >= 0.3 is 0 Å². The molecule has 1 aromatic rings. The summed E-state index contributed by atoms with van der Waals surface area (Å²) in [6, 6.07) is 3.72. The van der Waals surface area contributed by atoms with Crippen molar-refractivity contribution in [3.05, 3.63) is 30.9 Å². The van der Waals surface area contributed by atoms with Crippen LogP contribution in [0.2, 0.25) is 0 Å². The number of carbonyl (C=O) groups excluding carboxylic acids is 1. The highest BCUT2D eigenvalue weighted by Gasteiger charge is 2.12. The summed E-state index contributed by atoms with van der Waals surface area (Å²) in [5, 5.41) is 14.8. The third-order valence-electron chi connectivity index (χ3n) is 2.24. The SMILES string of the molecule is C=CCNCC(=O)Nc1cc(S(C)(=O)=O)ccc1O. The molecule has 0 aliphatic carbocycles. The molecule has 6 nitrogen and oxygen atoms in total. The molecule has 0 unspecified atom stereocenters. The Labute approximate surface area is 112 Å². The van der Waals surface area contributed by atoms with Crippen molar-refractivity contribution < 1.29 is 18.3 Å². The lowest BCUT2D eigenvalue weighted by atomic mass is 10.3. The van der Waals surface area contributed by atoms with Crippen molar-refractivity contribution in [1.29, 1.82) is 0 Å². The van der Waals surface area contributed by atoms with Crippen LogP contribution in [0.15, 0.2) is 35.7 Å². The predicted molar refractivity (Wildman–Crippen MR) is 72.9 cm³/mol. The Morgan fingerprint density at radius 2 is 2.16 bits per heavy atom. The minimum absolute atomic E-state index is 0.0275. The van der Waals surface area contributed by atoms with Crippen molar-refractivity contribution in [2.24, 2.45) is 0 Å². The Morgan fingerprint density at radius 1 is 1.47 bits per heavy atom. The highest BCUT2D eigenvalue weighted by Crippen LogP contribution is 2.26. The normalized spacial score (nSPS) is 11.0. The lowest BCUT2D eigenvalue weighted by Crippen LogP contribution is -2.28. The highest BCUT2D eigenvalue weighted by molar-refractivity contribution is 7.90. The van der Waals surface area contributed by atoms with Gasteiger partial charge in [-0.25, -0.2) is 8.42 Å². The molecule has 0 aromatic heterocycles. The summed E-state index contributed by atoms with van der Waals surface area (Å²) < 4.78 is 22.8. The molecule has 1 amide bonds. The third kappa shape index (κ3) is 4.72. The van der Waals surface area contributed by atoms with Gasteiger partial charge in [0.15, 0.2) is 9.84 Å². The van der Waals surface area contributed by atoms with Crippen LogP contribution in [-0.4, -0.2) is 38.8 Å². The minimum atomic E-state index is -3.39. The fourth-order valence-corrected chi connectivity index (χ4v) is 1.98. The van der Waals surface area contributed by atoms with Crippen LogP contribution >= 0.6 is 0 Å². The van der Waals surface area contributed by atoms with Crippen LogP contribution in [0.25, 0.3) is 0 Å². The van der Waals surface area contributed by atoms with Crippen LogP contribution in [0, 0.1) is 0 Å². The van der Waals surface area contributed by atoms with E-state index in [2.05, 4.69) is 17.2 Å². The molecule has 104 valence electrons. The van der Waals surface area contributed by atoms with E-state index in [0.29, 0.717) is 6.54 Å². The summed E-state index contributed by atoms with van der Waals surface area (Å²) in [4.78, 5) is 11.6.